The minimum atomic E-state index is 0.907. The minimum Gasteiger partial charge on any atom is -0.335 e. The van der Waals surface area contributed by atoms with E-state index in [2.05, 4.69) is 26.8 Å². The molecule has 1 aliphatic rings. The van der Waals surface area contributed by atoms with E-state index < -0.39 is 0 Å². The second kappa shape index (κ2) is 7.89. The lowest BCUT2D eigenvalue weighted by Crippen LogP contribution is -3.12. The maximum atomic E-state index is 2.42. The van der Waals surface area contributed by atoms with Crippen LogP contribution < -0.4 is 4.90 Å². The van der Waals surface area contributed by atoms with Gasteiger partial charge in [0, 0.05) is 0 Å². The molecule has 0 spiro atoms. The highest BCUT2D eigenvalue weighted by atomic mass is 15.1. The zero-order valence-electron chi connectivity index (χ0n) is 11.5. The summed E-state index contributed by atoms with van der Waals surface area (Å²) in [5, 5.41) is 0. The molecule has 1 atom stereocenters. The first-order valence-electron chi connectivity index (χ1n) is 7.15. The van der Waals surface area contributed by atoms with Gasteiger partial charge in [-0.2, -0.15) is 0 Å². The van der Waals surface area contributed by atoms with Crippen molar-refractivity contribution in [2.24, 2.45) is 5.92 Å². The third kappa shape index (κ3) is 6.32. The molecule has 1 N–H and O–H groups in total. The number of hydrogen-bond acceptors (Lipinski definition) is 0. The normalized spacial score (nSPS) is 19.4. The molecular formula is C15H30N+. The van der Waals surface area contributed by atoms with Gasteiger partial charge in [0.1, 0.15) is 0 Å². The summed E-state index contributed by atoms with van der Waals surface area (Å²) in [5.41, 5.74) is 1.47. The van der Waals surface area contributed by atoms with Crippen molar-refractivity contribution >= 4 is 0 Å². The summed E-state index contributed by atoms with van der Waals surface area (Å²) in [6.07, 6.45) is 10.8. The molecule has 16 heavy (non-hydrogen) atoms. The topological polar surface area (TPSA) is 4.44 Å². The molecule has 0 radical (unpaired) electrons. The van der Waals surface area contributed by atoms with Crippen LogP contribution in [0.2, 0.25) is 0 Å². The predicted octanol–water partition coefficient (Wildman–Crippen LogP) is 2.83. The highest BCUT2D eigenvalue weighted by Crippen LogP contribution is 2.10. The first-order valence-corrected chi connectivity index (χ1v) is 7.15. The summed E-state index contributed by atoms with van der Waals surface area (Å²) in [7, 11) is 0. The third-order valence-electron chi connectivity index (χ3n) is 3.76. The van der Waals surface area contributed by atoms with Crippen LogP contribution in [0, 0.1) is 5.92 Å². The van der Waals surface area contributed by atoms with E-state index in [4.69, 9.17) is 0 Å². The number of hydrogen-bond donors (Lipinski definition) is 1. The quantitative estimate of drug-likeness (QED) is 0.662. The number of quaternary nitrogens is 1. The highest BCUT2D eigenvalue weighted by Gasteiger charge is 2.14. The predicted molar refractivity (Wildman–Crippen MR) is 71.9 cm³/mol. The van der Waals surface area contributed by atoms with Crippen molar-refractivity contribution in [2.45, 2.75) is 59.3 Å². The maximum Gasteiger partial charge on any atom is 0.0773 e. The maximum absolute atomic E-state index is 2.42. The highest BCUT2D eigenvalue weighted by molar-refractivity contribution is 4.92. The lowest BCUT2D eigenvalue weighted by Gasteiger charge is -2.24. The van der Waals surface area contributed by atoms with E-state index >= 15 is 0 Å². The van der Waals surface area contributed by atoms with Crippen LogP contribution >= 0.6 is 0 Å². The van der Waals surface area contributed by atoms with Gasteiger partial charge in [-0.1, -0.05) is 18.6 Å². The fourth-order valence-electron chi connectivity index (χ4n) is 2.55. The first-order chi connectivity index (χ1) is 7.68. The number of allylic oxidation sites excluding steroid dienone is 2. The Bertz CT molecular complexity index is 197. The Morgan fingerprint density at radius 1 is 1.12 bits per heavy atom. The van der Waals surface area contributed by atoms with Crippen molar-refractivity contribution in [3.63, 3.8) is 0 Å². The number of rotatable bonds is 6. The molecule has 1 aliphatic heterocycles. The van der Waals surface area contributed by atoms with Gasteiger partial charge >= 0.3 is 0 Å². The van der Waals surface area contributed by atoms with Gasteiger partial charge in [-0.05, 0) is 58.3 Å². The molecule has 0 aromatic heterocycles. The first kappa shape index (κ1) is 13.8. The Labute approximate surface area is 102 Å². The molecule has 0 aliphatic carbocycles. The Hall–Kier alpha value is -0.300. The zero-order chi connectivity index (χ0) is 11.8. The summed E-state index contributed by atoms with van der Waals surface area (Å²) >= 11 is 0. The zero-order valence-corrected chi connectivity index (χ0v) is 11.5. The molecule has 0 aromatic carbocycles. The Morgan fingerprint density at radius 2 is 1.81 bits per heavy atom. The fraction of sp³-hybridized carbons (Fsp3) is 0.867. The van der Waals surface area contributed by atoms with Crippen LogP contribution in [-0.4, -0.2) is 19.6 Å². The van der Waals surface area contributed by atoms with Gasteiger partial charge in [-0.3, -0.25) is 0 Å². The number of piperidine rings is 1. The number of nitrogens with one attached hydrogen (secondary N) is 1. The lowest BCUT2D eigenvalue weighted by atomic mass is 10.00. The molecule has 1 nitrogen and oxygen atoms in total. The summed E-state index contributed by atoms with van der Waals surface area (Å²) in [4.78, 5) is 1.86. The molecule has 94 valence electrons. The van der Waals surface area contributed by atoms with Crippen LogP contribution in [0.4, 0.5) is 0 Å². The van der Waals surface area contributed by atoms with E-state index in [0.717, 1.165) is 5.92 Å². The van der Waals surface area contributed by atoms with E-state index in [0.29, 0.717) is 0 Å². The summed E-state index contributed by atoms with van der Waals surface area (Å²) in [6.45, 7) is 11.1. The van der Waals surface area contributed by atoms with Gasteiger partial charge in [-0.25, -0.2) is 0 Å². The molecule has 0 unspecified atom stereocenters. The Morgan fingerprint density at radius 3 is 2.44 bits per heavy atom. The SMILES string of the molecule is CC(C)=CCC[C@H](C)CC[NH+]1CCCCC1. The van der Waals surface area contributed by atoms with Crippen LogP contribution in [0.1, 0.15) is 59.3 Å². The standard InChI is InChI=1S/C15H29N/c1-14(2)8-7-9-15(3)10-13-16-11-5-4-6-12-16/h8,15H,4-7,9-13H2,1-3H3/p+1/t15-/m0/s1. The molecule has 0 saturated carbocycles. The molecule has 1 fully saturated rings. The molecule has 1 heterocycles. The molecule has 0 bridgehead atoms. The molecule has 0 aromatic rings. The van der Waals surface area contributed by atoms with Crippen molar-refractivity contribution in [3.05, 3.63) is 11.6 Å². The van der Waals surface area contributed by atoms with E-state index in [-0.39, 0.29) is 0 Å². The van der Waals surface area contributed by atoms with Gasteiger partial charge in [-0.15, -0.1) is 0 Å². The van der Waals surface area contributed by atoms with E-state index in [9.17, 15) is 0 Å². The van der Waals surface area contributed by atoms with Crippen molar-refractivity contribution in [3.8, 4) is 0 Å². The second-order valence-corrected chi connectivity index (χ2v) is 5.81. The van der Waals surface area contributed by atoms with E-state index in [1.165, 1.54) is 63.7 Å². The molecule has 1 rings (SSSR count). The molecule has 1 heteroatoms. The third-order valence-corrected chi connectivity index (χ3v) is 3.76. The van der Waals surface area contributed by atoms with Crippen LogP contribution in [0.3, 0.4) is 0 Å². The van der Waals surface area contributed by atoms with Gasteiger partial charge in [0.25, 0.3) is 0 Å². The van der Waals surface area contributed by atoms with E-state index in [1.54, 1.807) is 0 Å². The summed E-state index contributed by atoms with van der Waals surface area (Å²) in [5.74, 6) is 0.907. The van der Waals surface area contributed by atoms with Crippen molar-refractivity contribution < 1.29 is 4.90 Å². The van der Waals surface area contributed by atoms with Gasteiger partial charge < -0.3 is 4.90 Å². The molecule has 0 amide bonds. The van der Waals surface area contributed by atoms with Crippen LogP contribution in [0.15, 0.2) is 11.6 Å². The average Bonchev–Trinajstić information content (AvgIpc) is 2.27. The van der Waals surface area contributed by atoms with Crippen molar-refractivity contribution in [1.82, 2.24) is 0 Å². The Kier molecular flexibility index (Phi) is 6.79. The molecule has 1 saturated heterocycles. The van der Waals surface area contributed by atoms with Crippen LogP contribution in [0.5, 0.6) is 0 Å². The summed E-state index contributed by atoms with van der Waals surface area (Å²) < 4.78 is 0. The number of likely N-dealkylation sites (tertiary alicyclic amines) is 1. The van der Waals surface area contributed by atoms with Crippen molar-refractivity contribution in [2.75, 3.05) is 19.6 Å². The van der Waals surface area contributed by atoms with Crippen LogP contribution in [0.25, 0.3) is 0 Å². The van der Waals surface area contributed by atoms with Crippen molar-refractivity contribution in [1.29, 1.82) is 0 Å². The van der Waals surface area contributed by atoms with Gasteiger partial charge in [0.15, 0.2) is 0 Å². The lowest BCUT2D eigenvalue weighted by molar-refractivity contribution is -0.905. The fourth-order valence-corrected chi connectivity index (χ4v) is 2.55. The van der Waals surface area contributed by atoms with Crippen LogP contribution in [-0.2, 0) is 0 Å². The second-order valence-electron chi connectivity index (χ2n) is 5.81. The Balaban J connectivity index is 2.04. The van der Waals surface area contributed by atoms with E-state index in [1.807, 2.05) is 4.90 Å². The van der Waals surface area contributed by atoms with Gasteiger partial charge in [0.05, 0.1) is 19.6 Å². The minimum absolute atomic E-state index is 0.907. The smallest absolute Gasteiger partial charge is 0.0773 e. The molecular weight excluding hydrogens is 194 g/mol. The summed E-state index contributed by atoms with van der Waals surface area (Å²) in [6, 6.07) is 0. The largest absolute Gasteiger partial charge is 0.335 e. The average molecular weight is 224 g/mol. The monoisotopic (exact) mass is 224 g/mol. The van der Waals surface area contributed by atoms with Gasteiger partial charge in [0.2, 0.25) is 0 Å².